The molecule has 4 nitrogen and oxygen atoms in total. The Bertz CT molecular complexity index is 588. The molecule has 0 saturated heterocycles. The molecule has 1 N–H and O–H groups in total. The van der Waals surface area contributed by atoms with Crippen LogP contribution in [0.2, 0.25) is 0 Å². The lowest BCUT2D eigenvalue weighted by Crippen LogP contribution is -2.23. The molecule has 1 atom stereocenters. The average molecular weight is 281 g/mol. The van der Waals surface area contributed by atoms with Crippen LogP contribution in [0, 0.1) is 11.3 Å². The van der Waals surface area contributed by atoms with Crippen molar-refractivity contribution >= 4 is 5.69 Å². The monoisotopic (exact) mass is 281 g/mol. The van der Waals surface area contributed by atoms with E-state index in [2.05, 4.69) is 16.0 Å². The fourth-order valence-electron chi connectivity index (χ4n) is 2.16. The second-order valence-electron chi connectivity index (χ2n) is 4.96. The summed E-state index contributed by atoms with van der Waals surface area (Å²) in [5, 5.41) is 18.4. The van der Waals surface area contributed by atoms with Crippen LogP contribution in [0.5, 0.6) is 0 Å². The number of hydrogen-bond donors (Lipinski definition) is 1. The third-order valence-electron chi connectivity index (χ3n) is 3.33. The van der Waals surface area contributed by atoms with Gasteiger partial charge >= 0.3 is 0 Å². The molecular formula is C17H19N3O. The van der Waals surface area contributed by atoms with E-state index in [0.29, 0.717) is 19.5 Å². The van der Waals surface area contributed by atoms with E-state index >= 15 is 0 Å². The molecule has 0 spiro atoms. The molecule has 0 aliphatic carbocycles. The molecule has 4 heteroatoms. The minimum atomic E-state index is -0.468. The maximum atomic E-state index is 9.56. The fourth-order valence-corrected chi connectivity index (χ4v) is 2.16. The minimum absolute atomic E-state index is 0.468. The quantitative estimate of drug-likeness (QED) is 0.884. The number of anilines is 1. The van der Waals surface area contributed by atoms with Crippen LogP contribution in [0.4, 0.5) is 5.69 Å². The zero-order chi connectivity index (χ0) is 15.1. The number of benzene rings is 1. The summed E-state index contributed by atoms with van der Waals surface area (Å²) in [7, 11) is 0. The maximum absolute atomic E-state index is 9.56. The van der Waals surface area contributed by atoms with Gasteiger partial charge in [0.25, 0.3) is 0 Å². The summed E-state index contributed by atoms with van der Waals surface area (Å²) in [6, 6.07) is 13.9. The molecule has 0 aliphatic rings. The van der Waals surface area contributed by atoms with Crippen molar-refractivity contribution in [2.45, 2.75) is 26.0 Å². The largest absolute Gasteiger partial charge is 0.389 e. The smallest absolute Gasteiger partial charge is 0.0761 e. The van der Waals surface area contributed by atoms with Gasteiger partial charge in [0.05, 0.1) is 18.6 Å². The first-order valence-corrected chi connectivity index (χ1v) is 6.99. The first-order chi connectivity index (χ1) is 10.2. The molecule has 0 saturated carbocycles. The van der Waals surface area contributed by atoms with Crippen LogP contribution >= 0.6 is 0 Å². The summed E-state index contributed by atoms with van der Waals surface area (Å²) >= 11 is 0. The SMILES string of the molecule is CC(O)c1ccc(N(CCC#N)Cc2cccnc2)cc1. The Morgan fingerprint density at radius 2 is 2.05 bits per heavy atom. The first-order valence-electron chi connectivity index (χ1n) is 6.99. The van der Waals surface area contributed by atoms with Gasteiger partial charge in [0.1, 0.15) is 0 Å². The molecule has 1 aromatic heterocycles. The molecule has 0 aliphatic heterocycles. The lowest BCUT2D eigenvalue weighted by atomic mass is 10.1. The molecule has 0 radical (unpaired) electrons. The van der Waals surface area contributed by atoms with Gasteiger partial charge in [-0.05, 0) is 36.2 Å². The maximum Gasteiger partial charge on any atom is 0.0761 e. The topological polar surface area (TPSA) is 60.1 Å². The summed E-state index contributed by atoms with van der Waals surface area (Å²) in [6.07, 6.45) is 3.59. The van der Waals surface area contributed by atoms with Crippen molar-refractivity contribution in [3.8, 4) is 6.07 Å². The van der Waals surface area contributed by atoms with E-state index in [-0.39, 0.29) is 0 Å². The molecule has 2 rings (SSSR count). The van der Waals surface area contributed by atoms with Gasteiger partial charge in [-0.2, -0.15) is 5.26 Å². The summed E-state index contributed by atoms with van der Waals surface area (Å²) < 4.78 is 0. The lowest BCUT2D eigenvalue weighted by Gasteiger charge is -2.24. The van der Waals surface area contributed by atoms with Gasteiger partial charge < -0.3 is 10.0 Å². The molecule has 1 unspecified atom stereocenters. The van der Waals surface area contributed by atoms with Crippen LogP contribution in [-0.4, -0.2) is 16.6 Å². The third kappa shape index (κ3) is 4.30. The predicted octanol–water partition coefficient (Wildman–Crippen LogP) is 3.06. The third-order valence-corrected chi connectivity index (χ3v) is 3.33. The van der Waals surface area contributed by atoms with E-state index in [1.165, 1.54) is 0 Å². The number of aliphatic hydroxyl groups excluding tert-OH is 1. The van der Waals surface area contributed by atoms with Crippen LogP contribution in [-0.2, 0) is 6.54 Å². The highest BCUT2D eigenvalue weighted by molar-refractivity contribution is 5.48. The second-order valence-corrected chi connectivity index (χ2v) is 4.96. The van der Waals surface area contributed by atoms with Crippen LogP contribution in [0.25, 0.3) is 0 Å². The van der Waals surface area contributed by atoms with Gasteiger partial charge in [-0.1, -0.05) is 18.2 Å². The number of nitriles is 1. The van der Waals surface area contributed by atoms with Crippen LogP contribution in [0.1, 0.15) is 30.6 Å². The van der Waals surface area contributed by atoms with E-state index in [1.54, 1.807) is 13.1 Å². The number of aliphatic hydroxyl groups is 1. The lowest BCUT2D eigenvalue weighted by molar-refractivity contribution is 0.199. The molecule has 0 fully saturated rings. The standard InChI is InChI=1S/C17H19N3O/c1-14(21)16-5-7-17(8-6-16)20(11-3-9-18)13-15-4-2-10-19-12-15/h2,4-8,10,12,14,21H,3,11,13H2,1H3. The van der Waals surface area contributed by atoms with Gasteiger partial charge in [-0.15, -0.1) is 0 Å². The molecule has 108 valence electrons. The van der Waals surface area contributed by atoms with Gasteiger partial charge in [0, 0.05) is 31.2 Å². The van der Waals surface area contributed by atoms with E-state index < -0.39 is 6.10 Å². The van der Waals surface area contributed by atoms with Crippen molar-refractivity contribution < 1.29 is 5.11 Å². The zero-order valence-electron chi connectivity index (χ0n) is 12.1. The highest BCUT2D eigenvalue weighted by Crippen LogP contribution is 2.21. The number of nitrogens with zero attached hydrogens (tertiary/aromatic N) is 3. The minimum Gasteiger partial charge on any atom is -0.389 e. The Labute approximate surface area is 125 Å². The summed E-state index contributed by atoms with van der Waals surface area (Å²) in [4.78, 5) is 6.27. The van der Waals surface area contributed by atoms with Crippen LogP contribution in [0.3, 0.4) is 0 Å². The molecule has 1 heterocycles. The van der Waals surface area contributed by atoms with Crippen molar-refractivity contribution in [1.29, 1.82) is 5.26 Å². The van der Waals surface area contributed by atoms with Gasteiger partial charge in [0.15, 0.2) is 0 Å². The Morgan fingerprint density at radius 3 is 2.62 bits per heavy atom. The van der Waals surface area contributed by atoms with Gasteiger partial charge in [-0.25, -0.2) is 0 Å². The van der Waals surface area contributed by atoms with Crippen LogP contribution in [0.15, 0.2) is 48.8 Å². The zero-order valence-corrected chi connectivity index (χ0v) is 12.1. The summed E-state index contributed by atoms with van der Waals surface area (Å²) in [5.74, 6) is 0. The second kappa shape index (κ2) is 7.41. The average Bonchev–Trinajstić information content (AvgIpc) is 2.52. The number of hydrogen-bond acceptors (Lipinski definition) is 4. The Balaban J connectivity index is 2.17. The fraction of sp³-hybridized carbons (Fsp3) is 0.294. The Morgan fingerprint density at radius 1 is 1.29 bits per heavy atom. The Kier molecular flexibility index (Phi) is 5.30. The number of rotatable bonds is 6. The first kappa shape index (κ1) is 15.0. The van der Waals surface area contributed by atoms with Gasteiger partial charge in [0.2, 0.25) is 0 Å². The van der Waals surface area contributed by atoms with Gasteiger partial charge in [-0.3, -0.25) is 4.98 Å². The number of aromatic nitrogens is 1. The predicted molar refractivity (Wildman–Crippen MR) is 82.6 cm³/mol. The summed E-state index contributed by atoms with van der Waals surface area (Å²) in [5.41, 5.74) is 3.04. The molecule has 0 bridgehead atoms. The molecule has 2 aromatic rings. The van der Waals surface area contributed by atoms with E-state index in [4.69, 9.17) is 5.26 Å². The molecule has 1 aromatic carbocycles. The van der Waals surface area contributed by atoms with Crippen molar-refractivity contribution in [1.82, 2.24) is 4.98 Å². The molecule has 0 amide bonds. The number of pyridine rings is 1. The molecule has 21 heavy (non-hydrogen) atoms. The highest BCUT2D eigenvalue weighted by atomic mass is 16.3. The van der Waals surface area contributed by atoms with Crippen molar-refractivity contribution in [2.24, 2.45) is 0 Å². The Hall–Kier alpha value is -2.38. The van der Waals surface area contributed by atoms with E-state index in [1.807, 2.05) is 42.6 Å². The van der Waals surface area contributed by atoms with Crippen molar-refractivity contribution in [3.63, 3.8) is 0 Å². The van der Waals surface area contributed by atoms with Crippen molar-refractivity contribution in [3.05, 3.63) is 59.9 Å². The van der Waals surface area contributed by atoms with E-state index in [0.717, 1.165) is 16.8 Å². The van der Waals surface area contributed by atoms with Crippen LogP contribution < -0.4 is 4.90 Å². The highest BCUT2D eigenvalue weighted by Gasteiger charge is 2.08. The normalized spacial score (nSPS) is 11.7. The summed E-state index contributed by atoms with van der Waals surface area (Å²) in [6.45, 7) is 3.13. The van der Waals surface area contributed by atoms with Crippen molar-refractivity contribution in [2.75, 3.05) is 11.4 Å². The molecular weight excluding hydrogens is 262 g/mol. The van der Waals surface area contributed by atoms with E-state index in [9.17, 15) is 5.11 Å².